The Labute approximate surface area is 247 Å². The van der Waals surface area contributed by atoms with Crippen molar-refractivity contribution in [2.24, 2.45) is 0 Å². The van der Waals surface area contributed by atoms with Crippen molar-refractivity contribution in [2.75, 3.05) is 32.0 Å². The third-order valence-corrected chi connectivity index (χ3v) is 9.03. The summed E-state index contributed by atoms with van der Waals surface area (Å²) in [7, 11) is 2.03. The molecular weight excluding hydrogens is 568 g/mol. The Morgan fingerprint density at radius 1 is 1.17 bits per heavy atom. The molecule has 0 radical (unpaired) electrons. The number of aromatic nitrogens is 1. The number of nitrogens with zero attached hydrogens (tertiary/aromatic N) is 3. The van der Waals surface area contributed by atoms with Gasteiger partial charge in [0.15, 0.2) is 10.6 Å². The number of anilines is 1. The van der Waals surface area contributed by atoms with Crippen molar-refractivity contribution in [2.45, 2.75) is 70.3 Å². The maximum absolute atomic E-state index is 13.4. The van der Waals surface area contributed by atoms with Gasteiger partial charge in [-0.15, -0.1) is 11.3 Å². The zero-order valence-corrected chi connectivity index (χ0v) is 25.2. The number of piperidine rings is 1. The molecule has 41 heavy (non-hydrogen) atoms. The molecule has 0 aliphatic carbocycles. The first kappa shape index (κ1) is 29.3. The van der Waals surface area contributed by atoms with E-state index in [2.05, 4.69) is 25.8 Å². The van der Waals surface area contributed by atoms with Crippen LogP contribution in [0.4, 0.5) is 5.69 Å². The van der Waals surface area contributed by atoms with Gasteiger partial charge in [-0.05, 0) is 51.1 Å². The first-order valence-electron chi connectivity index (χ1n) is 13.7. The summed E-state index contributed by atoms with van der Waals surface area (Å²) in [6, 6.07) is 3.98. The molecule has 0 saturated carbocycles. The second-order valence-electron chi connectivity index (χ2n) is 11.4. The normalized spacial score (nSPS) is 22.3. The summed E-state index contributed by atoms with van der Waals surface area (Å²) in [6.45, 7) is 6.45. The minimum atomic E-state index is -1.36. The molecule has 3 N–H and O–H groups in total. The van der Waals surface area contributed by atoms with E-state index < -0.39 is 29.7 Å². The number of amides is 3. The first-order chi connectivity index (χ1) is 19.4. The first-order valence-corrected chi connectivity index (χ1v) is 14.9. The van der Waals surface area contributed by atoms with Gasteiger partial charge < -0.3 is 30.5 Å². The van der Waals surface area contributed by atoms with Crippen molar-refractivity contribution in [3.05, 3.63) is 44.4 Å². The molecule has 1 aromatic heterocycles. The van der Waals surface area contributed by atoms with Crippen LogP contribution >= 0.6 is 22.9 Å². The van der Waals surface area contributed by atoms with Crippen LogP contribution in [0.2, 0.25) is 5.02 Å². The van der Waals surface area contributed by atoms with Crippen molar-refractivity contribution in [3.63, 3.8) is 0 Å². The van der Waals surface area contributed by atoms with Gasteiger partial charge >= 0.3 is 5.97 Å². The molecule has 0 spiro atoms. The Morgan fingerprint density at radius 3 is 2.71 bits per heavy atom. The van der Waals surface area contributed by atoms with Gasteiger partial charge in [-0.2, -0.15) is 0 Å². The van der Waals surface area contributed by atoms with Crippen LogP contribution in [-0.2, 0) is 38.5 Å². The van der Waals surface area contributed by atoms with E-state index in [1.54, 1.807) is 24.8 Å². The van der Waals surface area contributed by atoms with Crippen LogP contribution in [0.1, 0.15) is 53.1 Å². The molecule has 0 bridgehead atoms. The predicted molar refractivity (Wildman–Crippen MR) is 155 cm³/mol. The average molecular weight is 603 g/mol. The zero-order valence-electron chi connectivity index (χ0n) is 23.6. The predicted octanol–water partition coefficient (Wildman–Crippen LogP) is 1.98. The Hall–Kier alpha value is -3.22. The highest BCUT2D eigenvalue weighted by Crippen LogP contribution is 2.29. The quantitative estimate of drug-likeness (QED) is 0.428. The fraction of sp³-hybridized carbons (Fsp3) is 0.536. The SMILES string of the molecule is CC(=O)OC(C)(C)C(=O)N1CC[C@H](NC(=O)C2Cc3cc(Cl)ccc3N2)[C@H](NC(=O)c2nc3c(s2)CN(C)CC3)C1. The topological polar surface area (TPSA) is 133 Å². The van der Waals surface area contributed by atoms with Crippen LogP contribution in [0.5, 0.6) is 0 Å². The minimum absolute atomic E-state index is 0.141. The lowest BCUT2D eigenvalue weighted by molar-refractivity contribution is -0.169. The molecule has 3 amide bonds. The fourth-order valence-electron chi connectivity index (χ4n) is 5.66. The van der Waals surface area contributed by atoms with Gasteiger partial charge in [0.25, 0.3) is 11.8 Å². The lowest BCUT2D eigenvalue weighted by Crippen LogP contribution is -2.64. The molecule has 1 fully saturated rings. The highest BCUT2D eigenvalue weighted by molar-refractivity contribution is 7.13. The molecule has 2 aromatic rings. The number of rotatable bonds is 6. The molecule has 1 aromatic carbocycles. The molecule has 1 unspecified atom stereocenters. The van der Waals surface area contributed by atoms with Gasteiger partial charge in [0.05, 0.1) is 17.8 Å². The maximum atomic E-state index is 13.4. The second kappa shape index (κ2) is 11.6. The van der Waals surface area contributed by atoms with E-state index in [-0.39, 0.29) is 24.3 Å². The van der Waals surface area contributed by atoms with Gasteiger partial charge in [-0.25, -0.2) is 4.98 Å². The fourth-order valence-corrected chi connectivity index (χ4v) is 6.95. The second-order valence-corrected chi connectivity index (χ2v) is 12.9. The van der Waals surface area contributed by atoms with E-state index in [0.29, 0.717) is 29.4 Å². The number of carbonyl (C=O) groups excluding carboxylic acids is 4. The van der Waals surface area contributed by atoms with Crippen LogP contribution in [0, 0.1) is 0 Å². The number of fused-ring (bicyclic) bond motifs is 2. The summed E-state index contributed by atoms with van der Waals surface area (Å²) < 4.78 is 5.27. The van der Waals surface area contributed by atoms with Gasteiger partial charge in [-0.3, -0.25) is 19.2 Å². The van der Waals surface area contributed by atoms with E-state index >= 15 is 0 Å². The molecule has 3 atom stereocenters. The highest BCUT2D eigenvalue weighted by atomic mass is 35.5. The van der Waals surface area contributed by atoms with Crippen LogP contribution in [0.3, 0.4) is 0 Å². The number of likely N-dealkylation sites (N-methyl/N-ethyl adjacent to an activating group) is 1. The molecule has 3 aliphatic rings. The number of carbonyl (C=O) groups is 4. The number of hydrogen-bond acceptors (Lipinski definition) is 9. The standard InChI is InChI=1S/C28H35ClN6O5S/c1-15(36)40-28(2,3)27(39)35-10-8-19(31-24(37)21-12-16-11-17(29)5-6-18(16)30-21)22(13-35)32-25(38)26-33-20-7-9-34(4)14-23(20)41-26/h5-6,11,19,21-22,30H,7-10,12-14H2,1-4H3,(H,31,37)(H,32,38)/t19-,21?,22+/m0/s1. The maximum Gasteiger partial charge on any atom is 0.303 e. The number of halogens is 1. The van der Waals surface area contributed by atoms with Crippen molar-refractivity contribution in [1.82, 2.24) is 25.4 Å². The van der Waals surface area contributed by atoms with E-state index in [1.807, 2.05) is 19.2 Å². The summed E-state index contributed by atoms with van der Waals surface area (Å²) in [5, 5.41) is 10.4. The van der Waals surface area contributed by atoms with Gasteiger partial charge in [-0.1, -0.05) is 11.6 Å². The molecule has 1 saturated heterocycles. The third kappa shape index (κ3) is 6.49. The number of likely N-dealkylation sites (tertiary alicyclic amines) is 1. The number of hydrogen-bond donors (Lipinski definition) is 3. The van der Waals surface area contributed by atoms with Crippen molar-refractivity contribution in [1.29, 1.82) is 0 Å². The van der Waals surface area contributed by atoms with Gasteiger partial charge in [0.1, 0.15) is 6.04 Å². The summed E-state index contributed by atoms with van der Waals surface area (Å²) >= 11 is 7.50. The Balaban J connectivity index is 1.31. The minimum Gasteiger partial charge on any atom is -0.450 e. The molecule has 220 valence electrons. The number of ether oxygens (including phenoxy) is 1. The lowest BCUT2D eigenvalue weighted by atomic mass is 9.96. The highest BCUT2D eigenvalue weighted by Gasteiger charge is 2.41. The van der Waals surface area contributed by atoms with Gasteiger partial charge in [0.2, 0.25) is 5.91 Å². The van der Waals surface area contributed by atoms with Crippen molar-refractivity contribution in [3.8, 4) is 0 Å². The Bertz CT molecular complexity index is 1380. The van der Waals surface area contributed by atoms with Crippen LogP contribution < -0.4 is 16.0 Å². The molecule has 4 heterocycles. The Kier molecular flexibility index (Phi) is 8.27. The summed E-state index contributed by atoms with van der Waals surface area (Å²) in [5.41, 5.74) is 1.41. The third-order valence-electron chi connectivity index (χ3n) is 7.71. The number of thiazole rings is 1. The molecule has 3 aliphatic heterocycles. The molecule has 5 rings (SSSR count). The number of esters is 1. The molecular formula is C28H35ClN6O5S. The largest absolute Gasteiger partial charge is 0.450 e. The van der Waals surface area contributed by atoms with E-state index in [0.717, 1.165) is 41.3 Å². The number of benzene rings is 1. The van der Waals surface area contributed by atoms with Crippen LogP contribution in [-0.4, -0.2) is 88.9 Å². The average Bonchev–Trinajstić information content (AvgIpc) is 3.52. The zero-order chi connectivity index (χ0) is 29.5. The number of nitrogens with one attached hydrogen (secondary N) is 3. The lowest BCUT2D eigenvalue weighted by Gasteiger charge is -2.41. The summed E-state index contributed by atoms with van der Waals surface area (Å²) in [6.07, 6.45) is 1.68. The van der Waals surface area contributed by atoms with Crippen LogP contribution in [0.15, 0.2) is 18.2 Å². The summed E-state index contributed by atoms with van der Waals surface area (Å²) in [5.74, 6) is -1.46. The Morgan fingerprint density at radius 2 is 1.95 bits per heavy atom. The van der Waals surface area contributed by atoms with E-state index in [1.165, 1.54) is 18.3 Å². The van der Waals surface area contributed by atoms with Crippen molar-refractivity contribution >= 4 is 52.3 Å². The van der Waals surface area contributed by atoms with E-state index in [4.69, 9.17) is 16.3 Å². The smallest absolute Gasteiger partial charge is 0.303 e. The van der Waals surface area contributed by atoms with Crippen molar-refractivity contribution < 1.29 is 23.9 Å². The monoisotopic (exact) mass is 602 g/mol. The van der Waals surface area contributed by atoms with Gasteiger partial charge in [0, 0.05) is 61.5 Å². The summed E-state index contributed by atoms with van der Waals surface area (Å²) in [4.78, 5) is 61.1. The van der Waals surface area contributed by atoms with Crippen LogP contribution in [0.25, 0.3) is 0 Å². The van der Waals surface area contributed by atoms with E-state index in [9.17, 15) is 19.2 Å². The molecule has 11 nitrogen and oxygen atoms in total. The molecule has 13 heteroatoms.